The Labute approximate surface area is 240 Å². The van der Waals surface area contributed by atoms with Crippen LogP contribution in [0, 0.1) is 22.9 Å². The molecule has 1 aliphatic rings. The number of carbonyl (C=O) groups excluding carboxylic acids is 2. The molecule has 0 unspecified atom stereocenters. The summed E-state index contributed by atoms with van der Waals surface area (Å²) in [5.41, 5.74) is 8.75. The molecule has 1 aromatic heterocycles. The number of hydrogen-bond acceptors (Lipinski definition) is 5. The maximum absolute atomic E-state index is 13.4. The molecule has 0 radical (unpaired) electrons. The lowest BCUT2D eigenvalue weighted by atomic mass is 9.94. The largest absolute Gasteiger partial charge is 0.460 e. The summed E-state index contributed by atoms with van der Waals surface area (Å²) in [5, 5.41) is 15.7. The van der Waals surface area contributed by atoms with E-state index in [2.05, 4.69) is 5.32 Å². The first-order valence-electron chi connectivity index (χ1n) is 13.4. The number of halogens is 1. The molecule has 1 heterocycles. The number of hydrogen-bond donors (Lipinski definition) is 2. The Morgan fingerprint density at radius 1 is 1.00 bits per heavy atom. The summed E-state index contributed by atoms with van der Waals surface area (Å²) in [7, 11) is 0. The molecule has 2 amide bonds. The van der Waals surface area contributed by atoms with Gasteiger partial charge in [0.1, 0.15) is 17.2 Å². The number of aryl methyl sites for hydroxylation is 1. The Bertz CT molecular complexity index is 1880. The summed E-state index contributed by atoms with van der Waals surface area (Å²) in [4.78, 5) is 37.7. The molecule has 8 nitrogen and oxygen atoms in total. The van der Waals surface area contributed by atoms with Crippen LogP contribution in [-0.4, -0.2) is 16.7 Å². The van der Waals surface area contributed by atoms with E-state index in [0.29, 0.717) is 27.6 Å². The fourth-order valence-corrected chi connectivity index (χ4v) is 5.44. The highest BCUT2D eigenvalue weighted by atomic mass is 19.1. The highest BCUT2D eigenvalue weighted by Crippen LogP contribution is 2.46. The summed E-state index contributed by atoms with van der Waals surface area (Å²) >= 11 is 0. The number of fused-ring (bicyclic) bond motifs is 1. The molecule has 3 N–H and O–H groups in total. The topological polar surface area (TPSA) is 128 Å². The fraction of sp³-hybridized carbons (Fsp3) is 0.152. The van der Waals surface area contributed by atoms with Crippen LogP contribution < -0.4 is 11.1 Å². The second kappa shape index (κ2) is 10.3. The molecule has 0 bridgehead atoms. The second-order valence-electron chi connectivity index (χ2n) is 10.6. The monoisotopic (exact) mass is 563 g/mol. The summed E-state index contributed by atoms with van der Waals surface area (Å²) in [6.45, 7) is 1.79. The smallest absolute Gasteiger partial charge is 0.280 e. The number of amides is 2. The van der Waals surface area contributed by atoms with Crippen molar-refractivity contribution in [2.45, 2.75) is 31.7 Å². The zero-order valence-corrected chi connectivity index (χ0v) is 22.6. The van der Waals surface area contributed by atoms with E-state index in [1.54, 1.807) is 37.3 Å². The van der Waals surface area contributed by atoms with Crippen LogP contribution in [0.4, 0.5) is 10.1 Å². The van der Waals surface area contributed by atoms with Crippen LogP contribution in [-0.2, 0) is 12.0 Å². The SMILES string of the molecule is Cc1ccc(C(=O)NC2(c3ccccc3)CC2)cc1-c1cc2c(C(N)=O)c(Cc3ccc(F)cc3)oc2cc1[N+](=O)[O-]. The molecule has 0 atom stereocenters. The molecule has 0 aliphatic heterocycles. The number of carbonyl (C=O) groups is 2. The van der Waals surface area contributed by atoms with Gasteiger partial charge in [-0.05, 0) is 72.4 Å². The van der Waals surface area contributed by atoms with Crippen molar-refractivity contribution in [2.24, 2.45) is 5.73 Å². The van der Waals surface area contributed by atoms with Crippen LogP contribution in [0.25, 0.3) is 22.1 Å². The molecular weight excluding hydrogens is 537 g/mol. The molecule has 1 fully saturated rings. The van der Waals surface area contributed by atoms with Crippen LogP contribution in [0.5, 0.6) is 0 Å². The van der Waals surface area contributed by atoms with Crippen LogP contribution in [0.1, 0.15) is 56.0 Å². The van der Waals surface area contributed by atoms with Crippen molar-refractivity contribution in [2.75, 3.05) is 0 Å². The van der Waals surface area contributed by atoms with Crippen molar-refractivity contribution in [3.63, 3.8) is 0 Å². The maximum atomic E-state index is 13.4. The Morgan fingerprint density at radius 2 is 1.71 bits per heavy atom. The Kier molecular flexibility index (Phi) is 6.57. The van der Waals surface area contributed by atoms with Crippen LogP contribution >= 0.6 is 0 Å². The molecule has 0 spiro atoms. The molecule has 42 heavy (non-hydrogen) atoms. The second-order valence-corrected chi connectivity index (χ2v) is 10.6. The summed E-state index contributed by atoms with van der Waals surface area (Å²) in [5.74, 6) is -1.23. The molecule has 1 aliphatic carbocycles. The number of nitrogens with two attached hydrogens (primary N) is 1. The van der Waals surface area contributed by atoms with Gasteiger partial charge < -0.3 is 15.5 Å². The van der Waals surface area contributed by atoms with Crippen molar-refractivity contribution in [3.05, 3.63) is 134 Å². The number of benzene rings is 4. The van der Waals surface area contributed by atoms with Gasteiger partial charge in [-0.25, -0.2) is 4.39 Å². The van der Waals surface area contributed by atoms with Crippen LogP contribution in [0.3, 0.4) is 0 Å². The molecule has 210 valence electrons. The number of nitro benzene ring substituents is 1. The van der Waals surface area contributed by atoms with E-state index in [-0.39, 0.29) is 40.5 Å². The number of nitrogens with one attached hydrogen (secondary N) is 1. The van der Waals surface area contributed by atoms with Crippen molar-refractivity contribution in [1.29, 1.82) is 0 Å². The van der Waals surface area contributed by atoms with E-state index in [4.69, 9.17) is 10.2 Å². The van der Waals surface area contributed by atoms with Crippen molar-refractivity contribution in [1.82, 2.24) is 5.32 Å². The minimum atomic E-state index is -0.758. The molecule has 9 heteroatoms. The summed E-state index contributed by atoms with van der Waals surface area (Å²) in [6, 6.07) is 23.3. The third-order valence-corrected chi connectivity index (χ3v) is 7.82. The van der Waals surface area contributed by atoms with Gasteiger partial charge in [0.25, 0.3) is 17.5 Å². The third kappa shape index (κ3) is 4.89. The fourth-order valence-electron chi connectivity index (χ4n) is 5.44. The first-order chi connectivity index (χ1) is 20.1. The number of primary amides is 1. The lowest BCUT2D eigenvalue weighted by Gasteiger charge is -2.18. The highest BCUT2D eigenvalue weighted by Gasteiger charge is 2.45. The van der Waals surface area contributed by atoms with Gasteiger partial charge in [-0.2, -0.15) is 0 Å². The third-order valence-electron chi connectivity index (χ3n) is 7.82. The Hall–Kier alpha value is -5.31. The summed E-state index contributed by atoms with van der Waals surface area (Å²) in [6.07, 6.45) is 1.77. The Balaban J connectivity index is 1.42. The zero-order chi connectivity index (χ0) is 29.6. The van der Waals surface area contributed by atoms with Gasteiger partial charge in [-0.3, -0.25) is 19.7 Å². The maximum Gasteiger partial charge on any atom is 0.280 e. The standard InChI is InChI=1S/C33H26FN3O5/c1-19-7-10-21(32(39)36-33(13-14-33)22-5-3-2-4-6-22)16-24(19)25-17-26-28(18-27(25)37(40)41)42-29(30(26)31(35)38)15-20-8-11-23(34)12-9-20/h2-12,16-18H,13-15H2,1H3,(H2,35,38)(H,36,39). The number of nitro groups is 1. The zero-order valence-electron chi connectivity index (χ0n) is 22.6. The molecule has 6 rings (SSSR count). The number of furan rings is 1. The van der Waals surface area contributed by atoms with Crippen molar-refractivity contribution >= 4 is 28.5 Å². The van der Waals surface area contributed by atoms with Gasteiger partial charge in [0.05, 0.1) is 27.7 Å². The normalized spacial score (nSPS) is 13.6. The average molecular weight is 564 g/mol. The van der Waals surface area contributed by atoms with E-state index in [1.165, 1.54) is 24.3 Å². The van der Waals surface area contributed by atoms with Crippen LogP contribution in [0.15, 0.2) is 89.3 Å². The molecule has 5 aromatic rings. The number of rotatable bonds is 8. The first-order valence-corrected chi connectivity index (χ1v) is 13.4. The van der Waals surface area contributed by atoms with E-state index in [1.807, 2.05) is 30.3 Å². The predicted octanol–water partition coefficient (Wildman–Crippen LogP) is 6.56. The van der Waals surface area contributed by atoms with Gasteiger partial charge in [0.2, 0.25) is 0 Å². The number of nitrogens with zero attached hydrogens (tertiary/aromatic N) is 1. The quantitative estimate of drug-likeness (QED) is 0.163. The van der Waals surface area contributed by atoms with Gasteiger partial charge in [-0.15, -0.1) is 0 Å². The Morgan fingerprint density at radius 3 is 2.36 bits per heavy atom. The van der Waals surface area contributed by atoms with E-state index in [0.717, 1.165) is 18.4 Å². The van der Waals surface area contributed by atoms with Crippen molar-refractivity contribution in [3.8, 4) is 11.1 Å². The van der Waals surface area contributed by atoms with E-state index >= 15 is 0 Å². The van der Waals surface area contributed by atoms with Crippen LogP contribution in [0.2, 0.25) is 0 Å². The molecular formula is C33H26FN3O5. The summed E-state index contributed by atoms with van der Waals surface area (Å²) < 4.78 is 19.3. The molecule has 1 saturated carbocycles. The first kappa shape index (κ1) is 26.9. The van der Waals surface area contributed by atoms with E-state index < -0.39 is 22.2 Å². The average Bonchev–Trinajstić information content (AvgIpc) is 3.66. The van der Waals surface area contributed by atoms with E-state index in [9.17, 15) is 24.1 Å². The highest BCUT2D eigenvalue weighted by molar-refractivity contribution is 6.08. The van der Waals surface area contributed by atoms with Gasteiger partial charge in [0, 0.05) is 17.4 Å². The lowest BCUT2D eigenvalue weighted by molar-refractivity contribution is -0.384. The molecule has 0 saturated heterocycles. The van der Waals surface area contributed by atoms with Gasteiger partial charge in [0.15, 0.2) is 0 Å². The predicted molar refractivity (Wildman–Crippen MR) is 156 cm³/mol. The minimum Gasteiger partial charge on any atom is -0.460 e. The lowest BCUT2D eigenvalue weighted by Crippen LogP contribution is -2.34. The van der Waals surface area contributed by atoms with Gasteiger partial charge >= 0.3 is 0 Å². The van der Waals surface area contributed by atoms with Crippen molar-refractivity contribution < 1.29 is 23.3 Å². The minimum absolute atomic E-state index is 0.0931. The van der Waals surface area contributed by atoms with Gasteiger partial charge in [-0.1, -0.05) is 48.5 Å². The molecule has 4 aromatic carbocycles.